The molecule has 2 aromatic rings. The molecule has 1 aromatic carbocycles. The summed E-state index contributed by atoms with van der Waals surface area (Å²) in [6.45, 7) is 10.6. The summed E-state index contributed by atoms with van der Waals surface area (Å²) in [5.74, 6) is 1.50. The number of benzene rings is 1. The first-order valence-corrected chi connectivity index (χ1v) is 8.70. The summed E-state index contributed by atoms with van der Waals surface area (Å²) < 4.78 is 0. The summed E-state index contributed by atoms with van der Waals surface area (Å²) in [5, 5.41) is 1.54. The molecule has 2 heteroatoms. The number of hydrogen-bond donors (Lipinski definition) is 1. The molecule has 1 aliphatic heterocycles. The largest absolute Gasteiger partial charge is 0.361 e. The quantitative estimate of drug-likeness (QED) is 0.761. The summed E-state index contributed by atoms with van der Waals surface area (Å²) in [5.41, 5.74) is 6.15. The first-order chi connectivity index (χ1) is 10.4. The van der Waals surface area contributed by atoms with Crippen LogP contribution in [0.15, 0.2) is 18.3 Å². The van der Waals surface area contributed by atoms with Gasteiger partial charge in [-0.3, -0.25) is 0 Å². The van der Waals surface area contributed by atoms with E-state index >= 15 is 0 Å². The molecule has 0 bridgehead atoms. The van der Waals surface area contributed by atoms with Crippen molar-refractivity contribution in [2.45, 2.75) is 57.9 Å². The molecule has 1 saturated heterocycles. The number of rotatable bonds is 0. The predicted octanol–water partition coefficient (Wildman–Crippen LogP) is 4.45. The summed E-state index contributed by atoms with van der Waals surface area (Å²) >= 11 is 0. The maximum absolute atomic E-state index is 3.61. The molecule has 0 saturated carbocycles. The lowest BCUT2D eigenvalue weighted by Gasteiger charge is -2.45. The van der Waals surface area contributed by atoms with Gasteiger partial charge in [-0.25, -0.2) is 0 Å². The Labute approximate surface area is 133 Å². The van der Waals surface area contributed by atoms with Crippen LogP contribution in [0.1, 0.15) is 56.7 Å². The van der Waals surface area contributed by atoms with Crippen molar-refractivity contribution in [1.29, 1.82) is 0 Å². The van der Waals surface area contributed by atoms with Crippen molar-refractivity contribution in [3.63, 3.8) is 0 Å². The number of nitrogens with one attached hydrogen (secondary N) is 1. The van der Waals surface area contributed by atoms with E-state index in [-0.39, 0.29) is 5.41 Å². The second-order valence-corrected chi connectivity index (χ2v) is 8.67. The highest BCUT2D eigenvalue weighted by Crippen LogP contribution is 2.46. The molecule has 1 aliphatic carbocycles. The van der Waals surface area contributed by atoms with Gasteiger partial charge in [-0.2, -0.15) is 0 Å². The molecule has 22 heavy (non-hydrogen) atoms. The second kappa shape index (κ2) is 4.61. The number of aromatic nitrogens is 1. The van der Waals surface area contributed by atoms with Crippen LogP contribution in [0.4, 0.5) is 0 Å². The van der Waals surface area contributed by atoms with Gasteiger partial charge in [0.25, 0.3) is 0 Å². The fourth-order valence-corrected chi connectivity index (χ4v) is 4.90. The molecule has 4 rings (SSSR count). The molecular weight excluding hydrogens is 268 g/mol. The zero-order valence-electron chi connectivity index (χ0n) is 14.5. The molecule has 2 heterocycles. The zero-order valence-corrected chi connectivity index (χ0v) is 14.5. The minimum Gasteiger partial charge on any atom is -0.361 e. The van der Waals surface area contributed by atoms with E-state index in [1.165, 1.54) is 41.4 Å². The van der Waals surface area contributed by atoms with E-state index in [0.29, 0.717) is 12.0 Å². The Bertz CT molecular complexity index is 719. The Morgan fingerprint density at radius 1 is 1.23 bits per heavy atom. The van der Waals surface area contributed by atoms with Gasteiger partial charge >= 0.3 is 0 Å². The highest BCUT2D eigenvalue weighted by Gasteiger charge is 2.38. The van der Waals surface area contributed by atoms with Crippen LogP contribution in [-0.2, 0) is 11.8 Å². The maximum Gasteiger partial charge on any atom is 0.0497 e. The average molecular weight is 296 g/mol. The molecule has 1 fully saturated rings. The molecule has 2 aliphatic rings. The van der Waals surface area contributed by atoms with E-state index in [0.717, 1.165) is 5.92 Å². The molecule has 0 radical (unpaired) electrons. The number of H-pyrrole nitrogens is 1. The first-order valence-electron chi connectivity index (χ1n) is 8.70. The van der Waals surface area contributed by atoms with E-state index in [9.17, 15) is 0 Å². The third kappa shape index (κ3) is 1.96. The molecule has 0 amide bonds. The highest BCUT2D eigenvalue weighted by molar-refractivity contribution is 5.91. The molecule has 0 unspecified atom stereocenters. The third-order valence-corrected chi connectivity index (χ3v) is 5.87. The second-order valence-electron chi connectivity index (χ2n) is 8.67. The fourth-order valence-electron chi connectivity index (χ4n) is 4.90. The van der Waals surface area contributed by atoms with E-state index in [4.69, 9.17) is 0 Å². The van der Waals surface area contributed by atoms with Gasteiger partial charge in [0.15, 0.2) is 0 Å². The predicted molar refractivity (Wildman–Crippen MR) is 93.6 cm³/mol. The standard InChI is InChI=1S/C20H28N2/c1-12-8-15-14-6-7-16(20(2,3)4)19-18(14)13(10-21-19)9-17(15)22(5)11-12/h6-7,10,12,15,17,21H,8-9,11H2,1-5H3/t12-,15-,17-/m1/s1. The SMILES string of the molecule is C[C@@H]1C[C@@H]2c3ccc(C(C)(C)C)c4[nH]cc(c34)C[C@H]2N(C)C1. The Morgan fingerprint density at radius 2 is 2.00 bits per heavy atom. The number of piperidine rings is 1. The van der Waals surface area contributed by atoms with Crippen molar-refractivity contribution >= 4 is 10.9 Å². The summed E-state index contributed by atoms with van der Waals surface area (Å²) in [4.78, 5) is 6.21. The smallest absolute Gasteiger partial charge is 0.0497 e. The van der Waals surface area contributed by atoms with Gasteiger partial charge in [0.05, 0.1) is 0 Å². The van der Waals surface area contributed by atoms with Gasteiger partial charge in [-0.05, 0) is 47.9 Å². The lowest BCUT2D eigenvalue weighted by molar-refractivity contribution is 0.119. The topological polar surface area (TPSA) is 19.0 Å². The van der Waals surface area contributed by atoms with E-state index in [1.807, 2.05) is 0 Å². The van der Waals surface area contributed by atoms with E-state index < -0.39 is 0 Å². The minimum absolute atomic E-state index is 0.189. The minimum atomic E-state index is 0.189. The van der Waals surface area contributed by atoms with Crippen molar-refractivity contribution in [3.8, 4) is 0 Å². The first kappa shape index (κ1) is 14.3. The van der Waals surface area contributed by atoms with Crippen LogP contribution in [0.5, 0.6) is 0 Å². The van der Waals surface area contributed by atoms with Crippen LogP contribution in [0, 0.1) is 5.92 Å². The van der Waals surface area contributed by atoms with Crippen LogP contribution in [0.25, 0.3) is 10.9 Å². The fraction of sp³-hybridized carbons (Fsp3) is 0.600. The maximum atomic E-state index is 3.61. The number of likely N-dealkylation sites (N-methyl/N-ethyl adjacent to an activating group) is 1. The van der Waals surface area contributed by atoms with Gasteiger partial charge in [0, 0.05) is 35.6 Å². The van der Waals surface area contributed by atoms with Gasteiger partial charge in [0.1, 0.15) is 0 Å². The van der Waals surface area contributed by atoms with Gasteiger partial charge in [-0.15, -0.1) is 0 Å². The Kier molecular flexibility index (Phi) is 3.00. The number of fused-ring (bicyclic) bond motifs is 2. The van der Waals surface area contributed by atoms with Crippen molar-refractivity contribution in [1.82, 2.24) is 9.88 Å². The number of nitrogens with zero attached hydrogens (tertiary/aromatic N) is 1. The van der Waals surface area contributed by atoms with Gasteiger partial charge in [-0.1, -0.05) is 39.8 Å². The van der Waals surface area contributed by atoms with E-state index in [1.54, 1.807) is 5.56 Å². The Hall–Kier alpha value is -1.28. The van der Waals surface area contributed by atoms with Gasteiger partial charge < -0.3 is 9.88 Å². The van der Waals surface area contributed by atoms with Crippen LogP contribution in [0.3, 0.4) is 0 Å². The Balaban J connectivity index is 1.91. The lowest BCUT2D eigenvalue weighted by atomic mass is 9.71. The monoisotopic (exact) mass is 296 g/mol. The third-order valence-electron chi connectivity index (χ3n) is 5.87. The molecule has 2 nitrogen and oxygen atoms in total. The van der Waals surface area contributed by atoms with Crippen LogP contribution < -0.4 is 0 Å². The van der Waals surface area contributed by atoms with Crippen molar-refractivity contribution < 1.29 is 0 Å². The van der Waals surface area contributed by atoms with Gasteiger partial charge in [0.2, 0.25) is 0 Å². The van der Waals surface area contributed by atoms with E-state index in [2.05, 4.69) is 63.0 Å². The molecule has 3 atom stereocenters. The van der Waals surface area contributed by atoms with Crippen LogP contribution >= 0.6 is 0 Å². The summed E-state index contributed by atoms with van der Waals surface area (Å²) in [6.07, 6.45) is 4.81. The lowest BCUT2D eigenvalue weighted by Crippen LogP contribution is -2.47. The molecule has 0 spiro atoms. The normalized spacial score (nSPS) is 28.9. The number of aromatic amines is 1. The summed E-state index contributed by atoms with van der Waals surface area (Å²) in [6, 6.07) is 5.49. The zero-order chi connectivity index (χ0) is 15.6. The summed E-state index contributed by atoms with van der Waals surface area (Å²) in [7, 11) is 2.31. The number of likely N-dealkylation sites (tertiary alicyclic amines) is 1. The van der Waals surface area contributed by atoms with Crippen molar-refractivity contribution in [2.75, 3.05) is 13.6 Å². The molecule has 1 aromatic heterocycles. The molecular formula is C20H28N2. The Morgan fingerprint density at radius 3 is 2.73 bits per heavy atom. The van der Waals surface area contributed by atoms with Crippen molar-refractivity contribution in [2.24, 2.45) is 5.92 Å². The van der Waals surface area contributed by atoms with Crippen LogP contribution in [-0.4, -0.2) is 29.5 Å². The number of hydrogen-bond acceptors (Lipinski definition) is 1. The highest BCUT2D eigenvalue weighted by atomic mass is 15.1. The van der Waals surface area contributed by atoms with Crippen molar-refractivity contribution in [3.05, 3.63) is 35.0 Å². The molecule has 1 N–H and O–H groups in total. The average Bonchev–Trinajstić information content (AvgIpc) is 2.84. The molecule has 118 valence electrons. The van der Waals surface area contributed by atoms with Crippen LogP contribution in [0.2, 0.25) is 0 Å².